The molecule has 0 fully saturated rings. The molecule has 102 valence electrons. The monoisotopic (exact) mass is 280 g/mol. The summed E-state index contributed by atoms with van der Waals surface area (Å²) in [6.07, 6.45) is 3.15. The zero-order valence-corrected chi connectivity index (χ0v) is 11.9. The van der Waals surface area contributed by atoms with Crippen LogP contribution >= 0.6 is 11.3 Å². The number of anilines is 1. The Morgan fingerprint density at radius 2 is 2.21 bits per heavy atom. The normalized spacial score (nSPS) is 12.6. The molecule has 6 nitrogen and oxygen atoms in total. The van der Waals surface area contributed by atoms with Gasteiger partial charge in [-0.1, -0.05) is 0 Å². The third kappa shape index (κ3) is 2.52. The lowest BCUT2D eigenvalue weighted by Gasteiger charge is -2.23. The first-order chi connectivity index (χ1) is 9.06. The molecule has 2 N–H and O–H groups in total. The van der Waals surface area contributed by atoms with E-state index in [-0.39, 0.29) is 11.9 Å². The second kappa shape index (κ2) is 5.50. The number of carbonyl (C=O) groups is 1. The minimum atomic E-state index is -0.133. The minimum absolute atomic E-state index is 0.0250. The van der Waals surface area contributed by atoms with Crippen LogP contribution in [0, 0.1) is 0 Å². The number of fused-ring (bicyclic) bond motifs is 1. The highest BCUT2D eigenvalue weighted by Crippen LogP contribution is 2.31. The van der Waals surface area contributed by atoms with Gasteiger partial charge >= 0.3 is 0 Å². The van der Waals surface area contributed by atoms with Crippen molar-refractivity contribution in [2.45, 2.75) is 13.0 Å². The smallest absolute Gasteiger partial charge is 0.266 e. The van der Waals surface area contributed by atoms with Crippen molar-refractivity contribution in [1.29, 1.82) is 0 Å². The van der Waals surface area contributed by atoms with Gasteiger partial charge in [0.2, 0.25) is 0 Å². The van der Waals surface area contributed by atoms with E-state index in [1.54, 1.807) is 31.5 Å². The molecule has 0 spiro atoms. The number of methoxy groups -OCH3 is 1. The fraction of sp³-hybridized carbons (Fsp3) is 0.417. The Labute approximate surface area is 115 Å². The molecule has 0 bridgehead atoms. The molecular formula is C12H16N4O2S. The number of likely N-dealkylation sites (N-methyl/N-ethyl adjacent to an activating group) is 1. The Hall–Kier alpha value is -1.73. The Morgan fingerprint density at radius 1 is 1.53 bits per heavy atom. The lowest BCUT2D eigenvalue weighted by Crippen LogP contribution is -2.37. The largest absolute Gasteiger partial charge is 0.396 e. The van der Waals surface area contributed by atoms with Crippen LogP contribution in [0.25, 0.3) is 10.3 Å². The van der Waals surface area contributed by atoms with E-state index in [9.17, 15) is 4.79 Å². The second-order valence-electron chi connectivity index (χ2n) is 4.28. The summed E-state index contributed by atoms with van der Waals surface area (Å²) in [5, 5.41) is 0. The van der Waals surface area contributed by atoms with Gasteiger partial charge in [-0.3, -0.25) is 4.79 Å². The Bertz CT molecular complexity index is 598. The van der Waals surface area contributed by atoms with Crippen molar-refractivity contribution in [3.05, 3.63) is 17.3 Å². The first-order valence-corrected chi connectivity index (χ1v) is 6.63. The van der Waals surface area contributed by atoms with Crippen LogP contribution in [0.1, 0.15) is 16.6 Å². The molecule has 7 heteroatoms. The molecule has 1 atom stereocenters. The van der Waals surface area contributed by atoms with E-state index < -0.39 is 0 Å². The molecule has 0 aliphatic rings. The summed E-state index contributed by atoms with van der Waals surface area (Å²) in [5.74, 6) is -0.133. The van der Waals surface area contributed by atoms with Crippen LogP contribution in [0.3, 0.4) is 0 Å². The fourth-order valence-electron chi connectivity index (χ4n) is 1.72. The molecule has 0 aliphatic heterocycles. The van der Waals surface area contributed by atoms with Crippen LogP contribution in [0.15, 0.2) is 12.4 Å². The number of rotatable bonds is 4. The molecule has 0 radical (unpaired) electrons. The van der Waals surface area contributed by atoms with Crippen LogP contribution in [0.4, 0.5) is 5.69 Å². The van der Waals surface area contributed by atoms with Gasteiger partial charge in [-0.25, -0.2) is 9.97 Å². The number of nitrogen functional groups attached to an aromatic ring is 1. The summed E-state index contributed by atoms with van der Waals surface area (Å²) in [4.78, 5) is 23.5. The van der Waals surface area contributed by atoms with Crippen molar-refractivity contribution in [1.82, 2.24) is 14.9 Å². The number of amides is 1. The summed E-state index contributed by atoms with van der Waals surface area (Å²) in [6.45, 7) is 2.39. The van der Waals surface area contributed by atoms with E-state index in [0.29, 0.717) is 27.5 Å². The van der Waals surface area contributed by atoms with Crippen molar-refractivity contribution < 1.29 is 9.53 Å². The number of nitrogens with zero attached hydrogens (tertiary/aromatic N) is 3. The van der Waals surface area contributed by atoms with Crippen molar-refractivity contribution in [2.75, 3.05) is 26.5 Å². The van der Waals surface area contributed by atoms with Crippen LogP contribution in [0.2, 0.25) is 0 Å². The van der Waals surface area contributed by atoms with E-state index in [0.717, 1.165) is 0 Å². The molecular weight excluding hydrogens is 264 g/mol. The molecule has 1 amide bonds. The first-order valence-electron chi connectivity index (χ1n) is 5.81. The van der Waals surface area contributed by atoms with Crippen molar-refractivity contribution in [2.24, 2.45) is 0 Å². The minimum Gasteiger partial charge on any atom is -0.396 e. The number of nitrogens with two attached hydrogens (primary N) is 1. The predicted octanol–water partition coefficient (Wildman–Crippen LogP) is 1.38. The molecule has 2 aromatic heterocycles. The lowest BCUT2D eigenvalue weighted by atomic mass is 10.2. The summed E-state index contributed by atoms with van der Waals surface area (Å²) in [5.41, 5.74) is 6.97. The molecule has 1 unspecified atom stereocenters. The lowest BCUT2D eigenvalue weighted by molar-refractivity contribution is 0.0639. The number of carbonyl (C=O) groups excluding carboxylic acids is 1. The van der Waals surface area contributed by atoms with Gasteiger partial charge in [-0.2, -0.15) is 0 Å². The molecule has 0 aromatic carbocycles. The predicted molar refractivity (Wildman–Crippen MR) is 75.3 cm³/mol. The van der Waals surface area contributed by atoms with E-state index in [2.05, 4.69) is 9.97 Å². The number of ether oxygens (including phenoxy) is 1. The maximum absolute atomic E-state index is 12.4. The highest BCUT2D eigenvalue weighted by Gasteiger charge is 2.23. The molecule has 2 rings (SSSR count). The Morgan fingerprint density at radius 3 is 2.84 bits per heavy atom. The molecule has 2 aromatic rings. The maximum Gasteiger partial charge on any atom is 0.266 e. The topological polar surface area (TPSA) is 81.3 Å². The van der Waals surface area contributed by atoms with Crippen molar-refractivity contribution in [3.63, 3.8) is 0 Å². The van der Waals surface area contributed by atoms with Crippen LogP contribution < -0.4 is 5.73 Å². The summed E-state index contributed by atoms with van der Waals surface area (Å²) >= 11 is 1.27. The SMILES string of the molecule is COCC(C)N(C)C(=O)c1sc2nccnc2c1N. The van der Waals surface area contributed by atoms with Crippen LogP contribution in [-0.4, -0.2) is 47.6 Å². The van der Waals surface area contributed by atoms with Crippen molar-refractivity contribution in [3.8, 4) is 0 Å². The molecule has 0 saturated carbocycles. The molecule has 19 heavy (non-hydrogen) atoms. The fourth-order valence-corrected chi connectivity index (χ4v) is 2.72. The number of thiophene rings is 1. The van der Waals surface area contributed by atoms with E-state index in [4.69, 9.17) is 10.5 Å². The molecule has 0 saturated heterocycles. The molecule has 0 aliphatic carbocycles. The Kier molecular flexibility index (Phi) is 3.96. The number of hydrogen-bond acceptors (Lipinski definition) is 6. The summed E-state index contributed by atoms with van der Waals surface area (Å²) in [7, 11) is 3.34. The van der Waals surface area contributed by atoms with Crippen LogP contribution in [-0.2, 0) is 4.74 Å². The molecule has 2 heterocycles. The van der Waals surface area contributed by atoms with Gasteiger partial charge in [-0.05, 0) is 6.92 Å². The van der Waals surface area contributed by atoms with Gasteiger partial charge in [0.1, 0.15) is 15.2 Å². The van der Waals surface area contributed by atoms with Gasteiger partial charge in [-0.15, -0.1) is 11.3 Å². The van der Waals surface area contributed by atoms with Gasteiger partial charge in [0.15, 0.2) is 0 Å². The highest BCUT2D eigenvalue weighted by atomic mass is 32.1. The van der Waals surface area contributed by atoms with Crippen molar-refractivity contribution >= 4 is 33.3 Å². The average Bonchev–Trinajstić information content (AvgIpc) is 2.75. The van der Waals surface area contributed by atoms with E-state index in [1.807, 2.05) is 6.92 Å². The highest BCUT2D eigenvalue weighted by molar-refractivity contribution is 7.21. The zero-order chi connectivity index (χ0) is 14.0. The van der Waals surface area contributed by atoms with Crippen LogP contribution in [0.5, 0.6) is 0 Å². The number of hydrogen-bond donors (Lipinski definition) is 1. The maximum atomic E-state index is 12.4. The van der Waals surface area contributed by atoms with Gasteiger partial charge in [0.05, 0.1) is 18.3 Å². The quantitative estimate of drug-likeness (QED) is 0.915. The third-order valence-corrected chi connectivity index (χ3v) is 4.04. The zero-order valence-electron chi connectivity index (χ0n) is 11.1. The number of aromatic nitrogens is 2. The standard InChI is InChI=1S/C12H16N4O2S/c1-7(6-18-3)16(2)12(17)10-8(13)9-11(19-10)15-5-4-14-9/h4-5,7H,6,13H2,1-3H3. The van der Waals surface area contributed by atoms with E-state index >= 15 is 0 Å². The third-order valence-electron chi connectivity index (χ3n) is 2.95. The average molecular weight is 280 g/mol. The van der Waals surface area contributed by atoms with Gasteiger partial charge < -0.3 is 15.4 Å². The Balaban J connectivity index is 2.33. The van der Waals surface area contributed by atoms with E-state index in [1.165, 1.54) is 11.3 Å². The van der Waals surface area contributed by atoms with Gasteiger partial charge in [0.25, 0.3) is 5.91 Å². The second-order valence-corrected chi connectivity index (χ2v) is 5.27. The first kappa shape index (κ1) is 13.7. The van der Waals surface area contributed by atoms with Gasteiger partial charge in [0, 0.05) is 26.6 Å². The summed E-state index contributed by atoms with van der Waals surface area (Å²) in [6, 6.07) is -0.0250. The summed E-state index contributed by atoms with van der Waals surface area (Å²) < 4.78 is 5.05.